The monoisotopic (exact) mass is 407 g/mol. The number of urea groups is 1. The minimum Gasteiger partial charge on any atom is -0.326 e. The van der Waals surface area contributed by atoms with Crippen molar-refractivity contribution in [3.8, 4) is 6.07 Å². The van der Waals surface area contributed by atoms with Crippen molar-refractivity contribution >= 4 is 23.7 Å². The Kier molecular flexibility index (Phi) is 5.98. The third kappa shape index (κ3) is 3.95. The zero-order valence-electron chi connectivity index (χ0n) is 16.4. The fourth-order valence-electron chi connectivity index (χ4n) is 5.49. The van der Waals surface area contributed by atoms with Crippen LogP contribution < -0.4 is 0 Å². The van der Waals surface area contributed by atoms with Crippen LogP contribution in [0.2, 0.25) is 0 Å². The molecule has 0 aromatic rings. The van der Waals surface area contributed by atoms with Crippen molar-refractivity contribution in [3.63, 3.8) is 0 Å². The summed E-state index contributed by atoms with van der Waals surface area (Å²) in [6.07, 6.45) is 6.99. The van der Waals surface area contributed by atoms with E-state index in [4.69, 9.17) is 11.8 Å². The fraction of sp³-hybridized carbons (Fsp3) is 0.850. The maximum absolute atomic E-state index is 12.7. The van der Waals surface area contributed by atoms with Crippen LogP contribution in [-0.2, 0) is 4.79 Å². The van der Waals surface area contributed by atoms with Gasteiger partial charge in [0, 0.05) is 38.8 Å². The number of piperidine rings is 1. The highest BCUT2D eigenvalue weighted by molar-refractivity contribution is 6.14. The van der Waals surface area contributed by atoms with Gasteiger partial charge in [0.05, 0.1) is 12.6 Å². The Labute approximate surface area is 172 Å². The van der Waals surface area contributed by atoms with Gasteiger partial charge >= 0.3 is 6.03 Å². The van der Waals surface area contributed by atoms with Crippen LogP contribution in [0.5, 0.6) is 0 Å². The Morgan fingerprint density at radius 3 is 2.32 bits per heavy atom. The standard InChI is InChI=1S/C20H30ClN5O2/c21-26(14-19(27)25-8-4-5-17(25)11-22)18-9-15-12-24(13-16(15)10-18)20(28)23-6-2-1-3-7-23/h15-18H,1-10,12-14H2/t15-,16+,17-,18-/m0/s1. The summed E-state index contributed by atoms with van der Waals surface area (Å²) >= 11 is 6.50. The summed E-state index contributed by atoms with van der Waals surface area (Å²) in [6.45, 7) is 4.25. The molecule has 0 N–H and O–H groups in total. The molecule has 0 unspecified atom stereocenters. The minimum atomic E-state index is -0.296. The first-order valence-corrected chi connectivity index (χ1v) is 11.1. The van der Waals surface area contributed by atoms with Gasteiger partial charge < -0.3 is 14.7 Å². The quantitative estimate of drug-likeness (QED) is 0.673. The van der Waals surface area contributed by atoms with Gasteiger partial charge in [-0.1, -0.05) is 0 Å². The van der Waals surface area contributed by atoms with Gasteiger partial charge in [0.25, 0.3) is 0 Å². The number of hydrogen-bond donors (Lipinski definition) is 0. The second-order valence-corrected chi connectivity index (χ2v) is 9.25. The van der Waals surface area contributed by atoms with E-state index in [1.807, 2.05) is 9.80 Å². The maximum Gasteiger partial charge on any atom is 0.320 e. The summed E-state index contributed by atoms with van der Waals surface area (Å²) in [7, 11) is 0. The summed E-state index contributed by atoms with van der Waals surface area (Å²) in [5.74, 6) is 0.917. The molecular weight excluding hydrogens is 378 g/mol. The largest absolute Gasteiger partial charge is 0.326 e. The molecule has 0 aromatic heterocycles. The molecule has 0 bridgehead atoms. The van der Waals surface area contributed by atoms with Crippen LogP contribution in [0.1, 0.15) is 44.9 Å². The van der Waals surface area contributed by atoms with E-state index in [1.165, 1.54) is 6.42 Å². The van der Waals surface area contributed by atoms with E-state index in [-0.39, 0.29) is 30.6 Å². The third-order valence-corrected chi connectivity index (χ3v) is 7.42. The SMILES string of the molecule is N#C[C@@H]1CCCN1C(=O)CN(Cl)[C@@H]1C[C@@H]2CN(C(=O)N3CCCCC3)C[C@@H]2C1. The molecule has 154 valence electrons. The highest BCUT2D eigenvalue weighted by Gasteiger charge is 2.45. The van der Waals surface area contributed by atoms with Crippen molar-refractivity contribution in [1.29, 1.82) is 5.26 Å². The predicted octanol–water partition coefficient (Wildman–Crippen LogP) is 2.27. The second-order valence-electron chi connectivity index (χ2n) is 8.81. The Bertz CT molecular complexity index is 633. The molecule has 4 fully saturated rings. The molecule has 4 aliphatic rings. The molecule has 8 heteroatoms. The maximum atomic E-state index is 12.7. The van der Waals surface area contributed by atoms with Crippen LogP contribution in [0.25, 0.3) is 0 Å². The number of nitrogens with zero attached hydrogens (tertiary/aromatic N) is 5. The van der Waals surface area contributed by atoms with Crippen LogP contribution in [0.3, 0.4) is 0 Å². The van der Waals surface area contributed by atoms with Crippen LogP contribution >= 0.6 is 11.8 Å². The van der Waals surface area contributed by atoms with Crippen LogP contribution in [0.4, 0.5) is 4.79 Å². The normalized spacial score (nSPS) is 32.7. The van der Waals surface area contributed by atoms with Crippen molar-refractivity contribution < 1.29 is 9.59 Å². The summed E-state index contributed by atoms with van der Waals surface area (Å²) in [6, 6.07) is 2.30. The van der Waals surface area contributed by atoms with Crippen molar-refractivity contribution in [2.75, 3.05) is 39.3 Å². The van der Waals surface area contributed by atoms with Gasteiger partial charge in [-0.05, 0) is 68.6 Å². The fourth-order valence-corrected chi connectivity index (χ4v) is 5.75. The van der Waals surface area contributed by atoms with Gasteiger partial charge in [-0.3, -0.25) is 4.79 Å². The molecule has 4 atom stereocenters. The number of halogens is 1. The van der Waals surface area contributed by atoms with Crippen molar-refractivity contribution in [3.05, 3.63) is 0 Å². The summed E-state index contributed by atoms with van der Waals surface area (Å²) < 4.78 is 1.66. The van der Waals surface area contributed by atoms with E-state index in [0.29, 0.717) is 18.4 Å². The summed E-state index contributed by atoms with van der Waals surface area (Å²) in [5.41, 5.74) is 0. The Morgan fingerprint density at radius 1 is 1.00 bits per heavy atom. The highest BCUT2D eigenvalue weighted by Crippen LogP contribution is 2.41. The number of carbonyl (C=O) groups is 2. The van der Waals surface area contributed by atoms with E-state index < -0.39 is 0 Å². The first-order valence-electron chi connectivity index (χ1n) is 10.7. The lowest BCUT2D eigenvalue weighted by Gasteiger charge is -2.32. The zero-order chi connectivity index (χ0) is 19.7. The molecule has 3 amide bonds. The number of rotatable bonds is 3. The molecule has 0 aromatic carbocycles. The number of nitriles is 1. The summed E-state index contributed by atoms with van der Waals surface area (Å²) in [5, 5.41) is 9.18. The van der Waals surface area contributed by atoms with E-state index in [0.717, 1.165) is 64.7 Å². The lowest BCUT2D eigenvalue weighted by atomic mass is 10.0. The average molecular weight is 408 g/mol. The van der Waals surface area contributed by atoms with Crippen LogP contribution in [0.15, 0.2) is 0 Å². The lowest BCUT2D eigenvalue weighted by Crippen LogP contribution is -2.45. The topological polar surface area (TPSA) is 70.9 Å². The van der Waals surface area contributed by atoms with Crippen molar-refractivity contribution in [2.24, 2.45) is 11.8 Å². The van der Waals surface area contributed by atoms with E-state index in [1.54, 1.807) is 9.32 Å². The number of carbonyl (C=O) groups excluding carboxylic acids is 2. The van der Waals surface area contributed by atoms with E-state index in [9.17, 15) is 14.9 Å². The Balaban J connectivity index is 1.26. The second kappa shape index (κ2) is 8.46. The molecular formula is C20H30ClN5O2. The third-order valence-electron chi connectivity index (χ3n) is 7.03. The van der Waals surface area contributed by atoms with Crippen molar-refractivity contribution in [1.82, 2.24) is 19.1 Å². The molecule has 3 heterocycles. The van der Waals surface area contributed by atoms with Gasteiger partial charge in [-0.25, -0.2) is 9.21 Å². The molecule has 3 aliphatic heterocycles. The predicted molar refractivity (Wildman–Crippen MR) is 105 cm³/mol. The number of fused-ring (bicyclic) bond motifs is 1. The number of likely N-dealkylation sites (tertiary alicyclic amines) is 3. The molecule has 4 rings (SSSR count). The molecule has 3 saturated heterocycles. The molecule has 1 aliphatic carbocycles. The number of amides is 3. The molecule has 28 heavy (non-hydrogen) atoms. The average Bonchev–Trinajstić information content (AvgIpc) is 3.42. The highest BCUT2D eigenvalue weighted by atomic mass is 35.5. The van der Waals surface area contributed by atoms with Crippen molar-refractivity contribution in [2.45, 2.75) is 57.0 Å². The van der Waals surface area contributed by atoms with Gasteiger partial charge in [0.1, 0.15) is 6.04 Å². The first kappa shape index (κ1) is 19.8. The van der Waals surface area contributed by atoms with Gasteiger partial charge in [0.15, 0.2) is 0 Å². The summed E-state index contributed by atoms with van der Waals surface area (Å²) in [4.78, 5) is 31.0. The Morgan fingerprint density at radius 2 is 1.68 bits per heavy atom. The molecule has 1 saturated carbocycles. The molecule has 0 spiro atoms. The van der Waals surface area contributed by atoms with Gasteiger partial charge in [-0.15, -0.1) is 0 Å². The zero-order valence-corrected chi connectivity index (χ0v) is 17.2. The van der Waals surface area contributed by atoms with E-state index in [2.05, 4.69) is 6.07 Å². The van der Waals surface area contributed by atoms with Gasteiger partial charge in [0.2, 0.25) is 5.91 Å². The minimum absolute atomic E-state index is 0.0435. The smallest absolute Gasteiger partial charge is 0.320 e. The first-order chi connectivity index (χ1) is 13.6. The van der Waals surface area contributed by atoms with E-state index >= 15 is 0 Å². The molecule has 7 nitrogen and oxygen atoms in total. The van der Waals surface area contributed by atoms with Crippen LogP contribution in [0, 0.1) is 23.2 Å². The van der Waals surface area contributed by atoms with Crippen LogP contribution in [-0.4, -0.2) is 82.4 Å². The Hall–Kier alpha value is -1.52. The number of hydrogen-bond acceptors (Lipinski definition) is 4. The lowest BCUT2D eigenvalue weighted by molar-refractivity contribution is -0.131. The van der Waals surface area contributed by atoms with Gasteiger partial charge in [-0.2, -0.15) is 5.26 Å². The molecule has 0 radical (unpaired) electrons.